The highest BCUT2D eigenvalue weighted by Crippen LogP contribution is 2.27. The summed E-state index contributed by atoms with van der Waals surface area (Å²) in [5.74, 6) is 0.145. The molecule has 0 unspecified atom stereocenters. The monoisotopic (exact) mass is 360 g/mol. The fourth-order valence-electron chi connectivity index (χ4n) is 1.89. The third kappa shape index (κ3) is 7.57. The number of nitrogens with zero attached hydrogens (tertiary/aromatic N) is 1. The molecule has 1 rings (SSSR count). The molecule has 1 N–H and O–H groups in total. The largest absolute Gasteiger partial charge is 0.482 e. The number of rotatable bonds is 9. The van der Waals surface area contributed by atoms with Gasteiger partial charge in [-0.05, 0) is 24.6 Å². The topological polar surface area (TPSA) is 58.6 Å². The molecular formula is C16H22Cl2N2O3. The molecule has 7 heteroatoms. The van der Waals surface area contributed by atoms with Crippen LogP contribution in [0.2, 0.25) is 10.0 Å². The Bertz CT molecular complexity index is 538. The van der Waals surface area contributed by atoms with Crippen LogP contribution in [0.15, 0.2) is 18.2 Å². The molecule has 0 heterocycles. The van der Waals surface area contributed by atoms with Crippen LogP contribution in [-0.2, 0) is 9.59 Å². The van der Waals surface area contributed by atoms with Gasteiger partial charge in [0, 0.05) is 31.6 Å². The summed E-state index contributed by atoms with van der Waals surface area (Å²) in [6.07, 6.45) is 1.97. The van der Waals surface area contributed by atoms with E-state index in [0.717, 1.165) is 12.8 Å². The summed E-state index contributed by atoms with van der Waals surface area (Å²) in [4.78, 5) is 24.9. The Balaban J connectivity index is 2.32. The third-order valence-electron chi connectivity index (χ3n) is 3.18. The number of ether oxygens (including phenoxy) is 1. The molecule has 0 atom stereocenters. The van der Waals surface area contributed by atoms with Gasteiger partial charge in [0.05, 0.1) is 5.02 Å². The second kappa shape index (κ2) is 10.3. The highest BCUT2D eigenvalue weighted by Gasteiger charge is 2.09. The maximum absolute atomic E-state index is 11.8. The van der Waals surface area contributed by atoms with Crippen molar-refractivity contribution < 1.29 is 14.3 Å². The Morgan fingerprint density at radius 3 is 2.61 bits per heavy atom. The van der Waals surface area contributed by atoms with Crippen molar-refractivity contribution in [3.63, 3.8) is 0 Å². The number of carbonyl (C=O) groups excluding carboxylic acids is 2. The first-order chi connectivity index (χ1) is 10.9. The van der Waals surface area contributed by atoms with Crippen LogP contribution in [0.25, 0.3) is 0 Å². The van der Waals surface area contributed by atoms with E-state index in [9.17, 15) is 9.59 Å². The molecule has 2 amide bonds. The number of halogens is 2. The number of hydrogen-bond acceptors (Lipinski definition) is 3. The van der Waals surface area contributed by atoms with Gasteiger partial charge in [0.2, 0.25) is 5.91 Å². The first kappa shape index (κ1) is 19.6. The zero-order valence-electron chi connectivity index (χ0n) is 13.4. The van der Waals surface area contributed by atoms with Gasteiger partial charge in [-0.2, -0.15) is 0 Å². The lowest BCUT2D eigenvalue weighted by atomic mass is 10.3. The number of amides is 2. The number of unbranched alkanes of at least 4 members (excludes halogenated alkanes) is 1. The molecule has 0 aromatic heterocycles. The van der Waals surface area contributed by atoms with E-state index in [1.54, 1.807) is 23.1 Å². The molecule has 128 valence electrons. The molecular weight excluding hydrogens is 339 g/mol. The summed E-state index contributed by atoms with van der Waals surface area (Å²) >= 11 is 11.7. The van der Waals surface area contributed by atoms with Crippen LogP contribution in [0.4, 0.5) is 0 Å². The lowest BCUT2D eigenvalue weighted by molar-refractivity contribution is -0.129. The van der Waals surface area contributed by atoms with Crippen LogP contribution < -0.4 is 10.1 Å². The fraction of sp³-hybridized carbons (Fsp3) is 0.500. The first-order valence-corrected chi connectivity index (χ1v) is 8.29. The summed E-state index contributed by atoms with van der Waals surface area (Å²) in [5, 5.41) is 3.58. The van der Waals surface area contributed by atoms with Gasteiger partial charge in [-0.1, -0.05) is 36.5 Å². The highest BCUT2D eigenvalue weighted by molar-refractivity contribution is 6.35. The van der Waals surface area contributed by atoms with Gasteiger partial charge in [0.15, 0.2) is 6.61 Å². The molecule has 5 nitrogen and oxygen atoms in total. The third-order valence-corrected chi connectivity index (χ3v) is 3.71. The minimum Gasteiger partial charge on any atom is -0.482 e. The maximum atomic E-state index is 11.8. The number of carbonyl (C=O) groups is 2. The summed E-state index contributed by atoms with van der Waals surface area (Å²) < 4.78 is 5.34. The molecule has 0 radical (unpaired) electrons. The molecule has 0 spiro atoms. The van der Waals surface area contributed by atoms with Crippen LogP contribution in [0.5, 0.6) is 5.75 Å². The summed E-state index contributed by atoms with van der Waals surface area (Å²) in [6.45, 7) is 5.04. The Kier molecular flexibility index (Phi) is 8.81. The second-order valence-corrected chi connectivity index (χ2v) is 5.92. The van der Waals surface area contributed by atoms with Crippen LogP contribution in [-0.4, -0.2) is 43.0 Å². The van der Waals surface area contributed by atoms with Gasteiger partial charge < -0.3 is 15.0 Å². The molecule has 1 aromatic rings. The van der Waals surface area contributed by atoms with Gasteiger partial charge in [-0.25, -0.2) is 0 Å². The van der Waals surface area contributed by atoms with Gasteiger partial charge in [0.25, 0.3) is 5.91 Å². The van der Waals surface area contributed by atoms with Crippen molar-refractivity contribution in [2.75, 3.05) is 26.2 Å². The van der Waals surface area contributed by atoms with E-state index >= 15 is 0 Å². The van der Waals surface area contributed by atoms with Crippen molar-refractivity contribution in [1.82, 2.24) is 10.2 Å². The van der Waals surface area contributed by atoms with Gasteiger partial charge in [-0.3, -0.25) is 9.59 Å². The SMILES string of the molecule is CCCCN(CCNC(=O)COc1ccc(Cl)cc1Cl)C(C)=O. The molecule has 0 aliphatic carbocycles. The predicted octanol–water partition coefficient (Wildman–Crippen LogP) is 3.14. The van der Waals surface area contributed by atoms with Crippen LogP contribution >= 0.6 is 23.2 Å². The molecule has 23 heavy (non-hydrogen) atoms. The van der Waals surface area contributed by atoms with E-state index in [2.05, 4.69) is 12.2 Å². The van der Waals surface area contributed by atoms with Crippen LogP contribution in [0.3, 0.4) is 0 Å². The number of hydrogen-bond donors (Lipinski definition) is 1. The van der Waals surface area contributed by atoms with E-state index in [0.29, 0.717) is 35.4 Å². The Morgan fingerprint density at radius 2 is 2.00 bits per heavy atom. The van der Waals surface area contributed by atoms with Crippen molar-refractivity contribution in [2.24, 2.45) is 0 Å². The normalized spacial score (nSPS) is 10.3. The average molecular weight is 361 g/mol. The fourth-order valence-corrected chi connectivity index (χ4v) is 2.36. The van der Waals surface area contributed by atoms with E-state index in [4.69, 9.17) is 27.9 Å². The van der Waals surface area contributed by atoms with Crippen molar-refractivity contribution in [3.05, 3.63) is 28.2 Å². The molecule has 0 saturated heterocycles. The summed E-state index contributed by atoms with van der Waals surface area (Å²) in [6, 6.07) is 4.80. The van der Waals surface area contributed by atoms with E-state index in [-0.39, 0.29) is 18.4 Å². The van der Waals surface area contributed by atoms with Gasteiger partial charge >= 0.3 is 0 Å². The Hall–Kier alpha value is -1.46. The van der Waals surface area contributed by atoms with Gasteiger partial charge in [-0.15, -0.1) is 0 Å². The van der Waals surface area contributed by atoms with E-state index in [1.807, 2.05) is 0 Å². The molecule has 0 aliphatic rings. The standard InChI is InChI=1S/C16H22Cl2N2O3/c1-3-4-8-20(12(2)21)9-7-19-16(22)11-23-15-6-5-13(17)10-14(15)18/h5-6,10H,3-4,7-9,11H2,1-2H3,(H,19,22). The Labute approximate surface area is 146 Å². The molecule has 0 bridgehead atoms. The minimum atomic E-state index is -0.269. The second-order valence-electron chi connectivity index (χ2n) is 5.07. The van der Waals surface area contributed by atoms with E-state index in [1.165, 1.54) is 6.92 Å². The lowest BCUT2D eigenvalue weighted by Gasteiger charge is -2.20. The molecule has 0 fully saturated rings. The molecule has 1 aromatic carbocycles. The number of benzene rings is 1. The average Bonchev–Trinajstić information content (AvgIpc) is 2.49. The smallest absolute Gasteiger partial charge is 0.258 e. The van der Waals surface area contributed by atoms with Crippen LogP contribution in [0.1, 0.15) is 26.7 Å². The maximum Gasteiger partial charge on any atom is 0.258 e. The highest BCUT2D eigenvalue weighted by atomic mass is 35.5. The van der Waals surface area contributed by atoms with Crippen molar-refractivity contribution in [3.8, 4) is 5.75 Å². The van der Waals surface area contributed by atoms with Gasteiger partial charge in [0.1, 0.15) is 5.75 Å². The number of nitrogens with one attached hydrogen (secondary N) is 1. The molecule has 0 saturated carbocycles. The zero-order valence-corrected chi connectivity index (χ0v) is 14.9. The minimum absolute atomic E-state index is 0.0110. The first-order valence-electron chi connectivity index (χ1n) is 7.54. The van der Waals surface area contributed by atoms with Crippen LogP contribution in [0, 0.1) is 0 Å². The quantitative estimate of drug-likeness (QED) is 0.735. The van der Waals surface area contributed by atoms with Crippen molar-refractivity contribution in [2.45, 2.75) is 26.7 Å². The summed E-state index contributed by atoms with van der Waals surface area (Å²) in [7, 11) is 0. The Morgan fingerprint density at radius 1 is 1.26 bits per heavy atom. The molecule has 0 aliphatic heterocycles. The van der Waals surface area contributed by atoms with Crippen molar-refractivity contribution >= 4 is 35.0 Å². The predicted molar refractivity (Wildman–Crippen MR) is 92.1 cm³/mol. The lowest BCUT2D eigenvalue weighted by Crippen LogP contribution is -2.39. The zero-order chi connectivity index (χ0) is 17.2. The summed E-state index contributed by atoms with van der Waals surface area (Å²) in [5.41, 5.74) is 0. The van der Waals surface area contributed by atoms with E-state index < -0.39 is 0 Å². The van der Waals surface area contributed by atoms with Crippen molar-refractivity contribution in [1.29, 1.82) is 0 Å².